The predicted molar refractivity (Wildman–Crippen MR) is 85.7 cm³/mol. The van der Waals surface area contributed by atoms with Crippen LogP contribution >= 0.6 is 0 Å². The minimum atomic E-state index is -0.550. The first kappa shape index (κ1) is 16.3. The summed E-state index contributed by atoms with van der Waals surface area (Å²) < 4.78 is 5.20. The van der Waals surface area contributed by atoms with Gasteiger partial charge in [0, 0.05) is 17.5 Å². The van der Waals surface area contributed by atoms with Crippen LogP contribution in [0.15, 0.2) is 47.1 Å². The monoisotopic (exact) mass is 301 g/mol. The molecule has 0 aliphatic carbocycles. The second-order valence-corrected chi connectivity index (χ2v) is 6.11. The van der Waals surface area contributed by atoms with Crippen molar-refractivity contribution in [1.82, 2.24) is 5.32 Å². The van der Waals surface area contributed by atoms with E-state index in [2.05, 4.69) is 5.32 Å². The Morgan fingerprint density at radius 3 is 2.55 bits per heavy atom. The minimum absolute atomic E-state index is 0.248. The number of hydrogen-bond acceptors (Lipinski definition) is 3. The number of furan rings is 1. The van der Waals surface area contributed by atoms with Crippen LogP contribution < -0.4 is 5.32 Å². The van der Waals surface area contributed by atoms with Crippen LogP contribution in [-0.2, 0) is 6.42 Å². The van der Waals surface area contributed by atoms with Crippen molar-refractivity contribution in [1.29, 1.82) is 0 Å². The van der Waals surface area contributed by atoms with E-state index in [1.165, 1.54) is 6.26 Å². The summed E-state index contributed by atoms with van der Waals surface area (Å²) in [6.45, 7) is 5.93. The third-order valence-corrected chi connectivity index (χ3v) is 4.18. The molecule has 0 saturated heterocycles. The Morgan fingerprint density at radius 2 is 2.00 bits per heavy atom. The molecular formula is C18H23NO3. The van der Waals surface area contributed by atoms with Gasteiger partial charge in [0.25, 0.3) is 5.91 Å². The van der Waals surface area contributed by atoms with Crippen molar-refractivity contribution in [2.24, 2.45) is 5.41 Å². The van der Waals surface area contributed by atoms with Crippen molar-refractivity contribution in [2.75, 3.05) is 6.54 Å². The lowest BCUT2D eigenvalue weighted by Gasteiger charge is -2.33. The van der Waals surface area contributed by atoms with E-state index in [0.29, 0.717) is 18.7 Å². The minimum Gasteiger partial charge on any atom is -0.459 e. The molecule has 0 aliphatic rings. The van der Waals surface area contributed by atoms with Gasteiger partial charge in [0.2, 0.25) is 0 Å². The Bertz CT molecular complexity index is 618. The van der Waals surface area contributed by atoms with Crippen LogP contribution in [0, 0.1) is 12.3 Å². The number of carbonyl (C=O) groups excluding carboxylic acids is 1. The highest BCUT2D eigenvalue weighted by atomic mass is 16.3. The average Bonchev–Trinajstić information content (AvgIpc) is 2.92. The van der Waals surface area contributed by atoms with Crippen LogP contribution in [-0.4, -0.2) is 23.7 Å². The molecule has 2 aromatic rings. The normalized spacial score (nSPS) is 15.1. The molecule has 0 fully saturated rings. The maximum Gasteiger partial charge on any atom is 0.287 e. The average molecular weight is 301 g/mol. The van der Waals surface area contributed by atoms with E-state index in [9.17, 15) is 9.90 Å². The Balaban J connectivity index is 2.05. The number of aryl methyl sites for hydroxylation is 1. The molecule has 0 bridgehead atoms. The van der Waals surface area contributed by atoms with Gasteiger partial charge in [-0.05, 0) is 31.9 Å². The van der Waals surface area contributed by atoms with E-state index >= 15 is 0 Å². The maximum absolute atomic E-state index is 12.2. The van der Waals surface area contributed by atoms with Gasteiger partial charge in [-0.1, -0.05) is 37.3 Å². The molecule has 0 saturated carbocycles. The summed E-state index contributed by atoms with van der Waals surface area (Å²) in [5.41, 5.74) is 1.49. The molecular weight excluding hydrogens is 278 g/mol. The first-order valence-electron chi connectivity index (χ1n) is 7.47. The highest BCUT2D eigenvalue weighted by molar-refractivity contribution is 5.92. The smallest absolute Gasteiger partial charge is 0.287 e. The molecule has 2 rings (SSSR count). The van der Waals surface area contributed by atoms with E-state index < -0.39 is 11.5 Å². The fourth-order valence-electron chi connectivity index (χ4n) is 2.39. The Kier molecular flexibility index (Phi) is 5.03. The fourth-order valence-corrected chi connectivity index (χ4v) is 2.39. The number of nitrogens with one attached hydrogen (secondary N) is 1. The van der Waals surface area contributed by atoms with E-state index in [1.807, 2.05) is 44.2 Å². The number of aliphatic hydroxyl groups excluding tert-OH is 1. The molecule has 1 aromatic carbocycles. The zero-order chi connectivity index (χ0) is 16.2. The van der Waals surface area contributed by atoms with Crippen molar-refractivity contribution >= 4 is 5.91 Å². The van der Waals surface area contributed by atoms with Crippen molar-refractivity contribution in [2.45, 2.75) is 33.3 Å². The highest BCUT2D eigenvalue weighted by Gasteiger charge is 2.31. The number of carbonyl (C=O) groups is 1. The number of benzene rings is 1. The van der Waals surface area contributed by atoms with Crippen LogP contribution in [0.2, 0.25) is 0 Å². The first-order chi connectivity index (χ1) is 10.4. The fraction of sp³-hybridized carbons (Fsp3) is 0.389. The van der Waals surface area contributed by atoms with Gasteiger partial charge in [-0.15, -0.1) is 0 Å². The van der Waals surface area contributed by atoms with Crippen LogP contribution in [0.1, 0.15) is 35.5 Å². The summed E-state index contributed by atoms with van der Waals surface area (Å²) in [4.78, 5) is 12.2. The molecule has 0 unspecified atom stereocenters. The zero-order valence-electron chi connectivity index (χ0n) is 13.3. The first-order valence-corrected chi connectivity index (χ1v) is 7.47. The maximum atomic E-state index is 12.2. The third kappa shape index (κ3) is 3.77. The van der Waals surface area contributed by atoms with E-state index in [-0.39, 0.29) is 5.91 Å². The Labute approximate surface area is 131 Å². The molecule has 2 atom stereocenters. The predicted octanol–water partition coefficient (Wildman–Crippen LogP) is 2.95. The molecule has 22 heavy (non-hydrogen) atoms. The van der Waals surface area contributed by atoms with Crippen LogP contribution in [0.3, 0.4) is 0 Å². The topological polar surface area (TPSA) is 62.5 Å². The van der Waals surface area contributed by atoms with Gasteiger partial charge in [-0.2, -0.15) is 0 Å². The van der Waals surface area contributed by atoms with Crippen molar-refractivity contribution in [3.05, 3.63) is 59.5 Å². The van der Waals surface area contributed by atoms with Gasteiger partial charge in [-0.3, -0.25) is 4.79 Å². The van der Waals surface area contributed by atoms with Crippen molar-refractivity contribution in [3.8, 4) is 0 Å². The number of hydrogen-bond donors (Lipinski definition) is 2. The lowest BCUT2D eigenvalue weighted by Crippen LogP contribution is -2.43. The summed E-state index contributed by atoms with van der Waals surface area (Å²) in [6, 6.07) is 11.7. The highest BCUT2D eigenvalue weighted by Crippen LogP contribution is 2.26. The molecule has 0 spiro atoms. The van der Waals surface area contributed by atoms with E-state index in [4.69, 9.17) is 4.42 Å². The SMILES string of the molecule is Cc1ccoc1C(=O)NC[C@@](C)(Cc1ccccc1)[C@@H](C)O. The van der Waals surface area contributed by atoms with Gasteiger partial charge < -0.3 is 14.8 Å². The molecule has 1 heterocycles. The molecule has 4 heteroatoms. The zero-order valence-corrected chi connectivity index (χ0v) is 13.3. The van der Waals surface area contributed by atoms with Crippen LogP contribution in [0.25, 0.3) is 0 Å². The molecule has 1 amide bonds. The molecule has 4 nitrogen and oxygen atoms in total. The third-order valence-electron chi connectivity index (χ3n) is 4.18. The van der Waals surface area contributed by atoms with Gasteiger partial charge in [0.15, 0.2) is 5.76 Å². The second-order valence-electron chi connectivity index (χ2n) is 6.11. The molecule has 118 valence electrons. The standard InChI is InChI=1S/C18H23NO3/c1-13-9-10-22-16(13)17(21)19-12-18(3,14(2)20)11-15-7-5-4-6-8-15/h4-10,14,20H,11-12H2,1-3H3,(H,19,21)/t14-,18-/m1/s1. The summed E-state index contributed by atoms with van der Waals surface area (Å²) in [7, 11) is 0. The number of rotatable bonds is 6. The second kappa shape index (κ2) is 6.79. The molecule has 0 radical (unpaired) electrons. The Hall–Kier alpha value is -2.07. The summed E-state index contributed by atoms with van der Waals surface area (Å²) >= 11 is 0. The van der Waals surface area contributed by atoms with Gasteiger partial charge >= 0.3 is 0 Å². The lowest BCUT2D eigenvalue weighted by atomic mass is 9.79. The van der Waals surface area contributed by atoms with Crippen LogP contribution in [0.5, 0.6) is 0 Å². The summed E-state index contributed by atoms with van der Waals surface area (Å²) in [5.74, 6) is 0.0788. The van der Waals surface area contributed by atoms with Crippen molar-refractivity contribution < 1.29 is 14.3 Å². The summed E-state index contributed by atoms with van der Waals surface area (Å²) in [5, 5.41) is 13.0. The van der Waals surface area contributed by atoms with Gasteiger partial charge in [0.05, 0.1) is 12.4 Å². The van der Waals surface area contributed by atoms with Crippen molar-refractivity contribution in [3.63, 3.8) is 0 Å². The van der Waals surface area contributed by atoms with Gasteiger partial charge in [0.1, 0.15) is 0 Å². The number of aliphatic hydroxyl groups is 1. The Morgan fingerprint density at radius 1 is 1.32 bits per heavy atom. The van der Waals surface area contributed by atoms with E-state index in [1.54, 1.807) is 13.0 Å². The van der Waals surface area contributed by atoms with Gasteiger partial charge in [-0.25, -0.2) is 0 Å². The summed E-state index contributed by atoms with van der Waals surface area (Å²) in [6.07, 6.45) is 1.64. The quantitative estimate of drug-likeness (QED) is 0.862. The molecule has 1 aromatic heterocycles. The molecule has 2 N–H and O–H groups in total. The lowest BCUT2D eigenvalue weighted by molar-refractivity contribution is 0.0495. The van der Waals surface area contributed by atoms with Crippen LogP contribution in [0.4, 0.5) is 0 Å². The number of amides is 1. The largest absolute Gasteiger partial charge is 0.459 e. The molecule has 0 aliphatic heterocycles. The van der Waals surface area contributed by atoms with E-state index in [0.717, 1.165) is 11.1 Å².